The van der Waals surface area contributed by atoms with E-state index in [1.807, 2.05) is 6.07 Å². The monoisotopic (exact) mass is 643 g/mol. The van der Waals surface area contributed by atoms with Gasteiger partial charge in [0, 0.05) is 16.7 Å². The molecule has 0 bridgehead atoms. The SMILES string of the molecule is C[Si]1(C)c2ccccc2-c2cccc(-c3nc(-c4ccc5cc(-c6ccccc6)ccc5c4)nc(-c4ccccc4-c4ccccc4)n3)c21. The molecule has 0 spiro atoms. The topological polar surface area (TPSA) is 38.7 Å². The van der Waals surface area contributed by atoms with E-state index in [0.717, 1.165) is 33.2 Å². The van der Waals surface area contributed by atoms with Crippen molar-refractivity contribution < 1.29 is 0 Å². The van der Waals surface area contributed by atoms with Crippen molar-refractivity contribution in [1.29, 1.82) is 0 Å². The van der Waals surface area contributed by atoms with Crippen LogP contribution in [0.15, 0.2) is 164 Å². The Morgan fingerprint density at radius 2 is 0.857 bits per heavy atom. The van der Waals surface area contributed by atoms with Gasteiger partial charge in [-0.15, -0.1) is 0 Å². The maximum absolute atomic E-state index is 5.30. The fourth-order valence-corrected chi connectivity index (χ4v) is 11.0. The van der Waals surface area contributed by atoms with Crippen molar-refractivity contribution in [2.24, 2.45) is 0 Å². The molecule has 49 heavy (non-hydrogen) atoms. The van der Waals surface area contributed by atoms with E-state index < -0.39 is 8.07 Å². The van der Waals surface area contributed by atoms with Gasteiger partial charge in [0.1, 0.15) is 8.07 Å². The number of hydrogen-bond donors (Lipinski definition) is 0. The van der Waals surface area contributed by atoms with Crippen molar-refractivity contribution >= 4 is 29.2 Å². The predicted molar refractivity (Wildman–Crippen MR) is 207 cm³/mol. The number of rotatable bonds is 5. The zero-order valence-electron chi connectivity index (χ0n) is 27.4. The molecule has 232 valence electrons. The third-order valence-corrected chi connectivity index (χ3v) is 13.5. The molecule has 0 saturated heterocycles. The van der Waals surface area contributed by atoms with Gasteiger partial charge in [-0.05, 0) is 66.7 Å². The van der Waals surface area contributed by atoms with E-state index in [-0.39, 0.29) is 0 Å². The molecule has 1 aromatic heterocycles. The lowest BCUT2D eigenvalue weighted by Gasteiger charge is -2.22. The van der Waals surface area contributed by atoms with Crippen molar-refractivity contribution in [2.75, 3.05) is 0 Å². The van der Waals surface area contributed by atoms with Crippen LogP contribution in [0.25, 0.3) is 78.3 Å². The molecule has 0 fully saturated rings. The Bertz CT molecular complexity index is 2520. The van der Waals surface area contributed by atoms with Gasteiger partial charge in [-0.25, -0.2) is 15.0 Å². The highest BCUT2D eigenvalue weighted by Gasteiger charge is 2.39. The molecule has 0 unspecified atom stereocenters. The summed E-state index contributed by atoms with van der Waals surface area (Å²) in [7, 11) is -2.04. The number of nitrogens with zero attached hydrogens (tertiary/aromatic N) is 3. The predicted octanol–water partition coefficient (Wildman–Crippen LogP) is 10.2. The van der Waals surface area contributed by atoms with Crippen LogP contribution in [0.2, 0.25) is 13.1 Å². The molecular weight excluding hydrogens is 611 g/mol. The van der Waals surface area contributed by atoms with Gasteiger partial charge < -0.3 is 0 Å². The van der Waals surface area contributed by atoms with E-state index in [2.05, 4.69) is 171 Å². The molecule has 8 aromatic rings. The Morgan fingerprint density at radius 3 is 1.59 bits per heavy atom. The summed E-state index contributed by atoms with van der Waals surface area (Å²) >= 11 is 0. The average Bonchev–Trinajstić information content (AvgIpc) is 3.41. The van der Waals surface area contributed by atoms with Gasteiger partial charge in [0.25, 0.3) is 0 Å². The van der Waals surface area contributed by atoms with Crippen LogP contribution in [0.4, 0.5) is 0 Å². The standard InChI is InChI=1S/C45H33N3Si/c1-49(2)41-23-12-11-19-37(41)38-21-13-22-40(42(38)49)45-47-43(46-44(48-45)39-20-10-9-18-36(39)31-16-7-4-8-17-31)35-27-26-33-28-32(24-25-34(33)29-35)30-14-5-3-6-15-30/h3-29H,1-2H3. The van der Waals surface area contributed by atoms with E-state index in [1.165, 1.54) is 38.0 Å². The first kappa shape index (κ1) is 29.2. The van der Waals surface area contributed by atoms with Crippen LogP contribution in [0.3, 0.4) is 0 Å². The van der Waals surface area contributed by atoms with Gasteiger partial charge >= 0.3 is 0 Å². The Morgan fingerprint density at radius 1 is 0.347 bits per heavy atom. The van der Waals surface area contributed by atoms with E-state index >= 15 is 0 Å². The molecule has 0 saturated carbocycles. The maximum Gasteiger partial charge on any atom is 0.164 e. The first-order valence-corrected chi connectivity index (χ1v) is 19.8. The average molecular weight is 644 g/mol. The first-order chi connectivity index (χ1) is 24.0. The molecule has 2 heterocycles. The van der Waals surface area contributed by atoms with Crippen molar-refractivity contribution in [3.8, 4) is 67.5 Å². The number of fused-ring (bicyclic) bond motifs is 4. The lowest BCUT2D eigenvalue weighted by atomic mass is 9.98. The zero-order chi connectivity index (χ0) is 33.0. The van der Waals surface area contributed by atoms with Crippen LogP contribution < -0.4 is 10.4 Å². The molecular formula is C45H33N3Si. The van der Waals surface area contributed by atoms with Crippen molar-refractivity contribution in [2.45, 2.75) is 13.1 Å². The number of aromatic nitrogens is 3. The van der Waals surface area contributed by atoms with Crippen LogP contribution >= 0.6 is 0 Å². The molecule has 0 amide bonds. The Balaban J connectivity index is 1.25. The second-order valence-corrected chi connectivity index (χ2v) is 17.5. The van der Waals surface area contributed by atoms with E-state index in [0.29, 0.717) is 17.5 Å². The summed E-state index contributed by atoms with van der Waals surface area (Å²) in [6.45, 7) is 4.89. The van der Waals surface area contributed by atoms with Gasteiger partial charge in [0.2, 0.25) is 0 Å². The molecule has 0 atom stereocenters. The van der Waals surface area contributed by atoms with Gasteiger partial charge in [-0.3, -0.25) is 0 Å². The number of hydrogen-bond acceptors (Lipinski definition) is 3. The minimum Gasteiger partial charge on any atom is -0.208 e. The van der Waals surface area contributed by atoms with Crippen LogP contribution in [-0.2, 0) is 0 Å². The molecule has 7 aromatic carbocycles. The minimum absolute atomic E-state index is 0.671. The third-order valence-electron chi connectivity index (χ3n) is 9.91. The summed E-state index contributed by atoms with van der Waals surface area (Å²) in [5, 5.41) is 5.18. The van der Waals surface area contributed by atoms with Gasteiger partial charge in [0.15, 0.2) is 17.5 Å². The largest absolute Gasteiger partial charge is 0.208 e. The van der Waals surface area contributed by atoms with E-state index in [1.54, 1.807) is 0 Å². The molecule has 3 nitrogen and oxygen atoms in total. The fraction of sp³-hybridized carbons (Fsp3) is 0.0444. The lowest BCUT2D eigenvalue weighted by Crippen LogP contribution is -2.50. The fourth-order valence-electron chi connectivity index (χ4n) is 7.52. The van der Waals surface area contributed by atoms with Crippen LogP contribution in [0.1, 0.15) is 0 Å². The summed E-state index contributed by atoms with van der Waals surface area (Å²) in [6.07, 6.45) is 0. The number of benzene rings is 7. The van der Waals surface area contributed by atoms with Gasteiger partial charge in [-0.1, -0.05) is 165 Å². The summed E-state index contributed by atoms with van der Waals surface area (Å²) in [6, 6.07) is 58.1. The first-order valence-electron chi connectivity index (χ1n) is 16.8. The van der Waals surface area contributed by atoms with Crippen LogP contribution in [0, 0.1) is 0 Å². The maximum atomic E-state index is 5.30. The van der Waals surface area contributed by atoms with Crippen LogP contribution in [-0.4, -0.2) is 23.0 Å². The van der Waals surface area contributed by atoms with Gasteiger partial charge in [-0.2, -0.15) is 0 Å². The normalized spacial score (nSPS) is 12.9. The quantitative estimate of drug-likeness (QED) is 0.175. The smallest absolute Gasteiger partial charge is 0.164 e. The second-order valence-electron chi connectivity index (χ2n) is 13.3. The van der Waals surface area contributed by atoms with Gasteiger partial charge in [0.05, 0.1) is 0 Å². The highest BCUT2D eigenvalue weighted by atomic mass is 28.3. The zero-order valence-corrected chi connectivity index (χ0v) is 28.4. The van der Waals surface area contributed by atoms with E-state index in [9.17, 15) is 0 Å². The molecule has 0 aliphatic carbocycles. The summed E-state index contributed by atoms with van der Waals surface area (Å²) in [5.74, 6) is 2.06. The van der Waals surface area contributed by atoms with Crippen molar-refractivity contribution in [3.63, 3.8) is 0 Å². The molecule has 0 N–H and O–H groups in total. The van der Waals surface area contributed by atoms with Crippen molar-refractivity contribution in [3.05, 3.63) is 164 Å². The Labute approximate surface area is 287 Å². The lowest BCUT2D eigenvalue weighted by molar-refractivity contribution is 1.08. The highest BCUT2D eigenvalue weighted by molar-refractivity contribution is 7.04. The summed E-state index contributed by atoms with van der Waals surface area (Å²) < 4.78 is 0. The van der Waals surface area contributed by atoms with Crippen molar-refractivity contribution in [1.82, 2.24) is 15.0 Å². The molecule has 4 heteroatoms. The van der Waals surface area contributed by atoms with E-state index in [4.69, 9.17) is 15.0 Å². The Kier molecular flexibility index (Phi) is 6.92. The second kappa shape index (κ2) is 11.6. The van der Waals surface area contributed by atoms with Crippen LogP contribution in [0.5, 0.6) is 0 Å². The summed E-state index contributed by atoms with van der Waals surface area (Å²) in [4.78, 5) is 15.8. The molecule has 0 radical (unpaired) electrons. The minimum atomic E-state index is -2.04. The molecule has 1 aliphatic rings. The summed E-state index contributed by atoms with van der Waals surface area (Å²) in [5.41, 5.74) is 10.3. The molecule has 9 rings (SSSR count). The third kappa shape index (κ3) is 5.00. The highest BCUT2D eigenvalue weighted by Crippen LogP contribution is 2.36. The molecule has 1 aliphatic heterocycles. The Hall–Kier alpha value is -5.97.